The highest BCUT2D eigenvalue weighted by molar-refractivity contribution is 4.96. The van der Waals surface area contributed by atoms with Crippen LogP contribution in [0.4, 0.5) is 0 Å². The molecule has 50 valence electrons. The molecule has 2 heteroatoms. The Morgan fingerprint density at radius 3 is 2.22 bits per heavy atom. The Hall–Kier alpha value is -0.0800. The highest BCUT2D eigenvalue weighted by Gasteiger charge is 2.31. The third-order valence-electron chi connectivity index (χ3n) is 2.42. The molecule has 3 rings (SSSR count). The molecule has 9 heavy (non-hydrogen) atoms. The fraction of sp³-hybridized carbons (Fsp3) is 0.857. The smallest absolute Gasteiger partial charge is 0.0764 e. The molecule has 0 aromatic rings. The van der Waals surface area contributed by atoms with Gasteiger partial charge in [-0.1, -0.05) is 0 Å². The van der Waals surface area contributed by atoms with Gasteiger partial charge in [0.2, 0.25) is 0 Å². The zero-order valence-corrected chi connectivity index (χ0v) is 5.51. The molecule has 0 aromatic carbocycles. The lowest BCUT2D eigenvalue weighted by molar-refractivity contribution is 0.0974. The van der Waals surface area contributed by atoms with Crippen molar-refractivity contribution in [2.45, 2.75) is 19.0 Å². The molecule has 3 heterocycles. The molecule has 0 spiro atoms. The number of hydrogen-bond donors (Lipinski definition) is 0. The SMILES string of the molecule is [NH]C1[CH]C2CCN1CC2. The highest BCUT2D eigenvalue weighted by atomic mass is 15.2. The summed E-state index contributed by atoms with van der Waals surface area (Å²) in [4.78, 5) is 2.24. The normalized spacial score (nSPS) is 49.7. The van der Waals surface area contributed by atoms with Crippen LogP contribution in [-0.2, 0) is 0 Å². The molecular formula is C7H12N2. The average molecular weight is 124 g/mol. The standard InChI is InChI=1S/C7H12N2/c8-7-5-6-1-3-9(7)4-2-6/h5-8H,1-4H2. The summed E-state index contributed by atoms with van der Waals surface area (Å²) in [5.74, 6) is 0.775. The maximum atomic E-state index is 7.53. The number of rotatable bonds is 0. The molecule has 0 aromatic heterocycles. The molecule has 1 atom stereocenters. The molecule has 2 bridgehead atoms. The molecule has 3 aliphatic heterocycles. The molecule has 1 unspecified atom stereocenters. The minimum Gasteiger partial charge on any atom is -0.287 e. The van der Waals surface area contributed by atoms with Gasteiger partial charge in [0.25, 0.3) is 0 Å². The van der Waals surface area contributed by atoms with E-state index in [2.05, 4.69) is 11.3 Å². The van der Waals surface area contributed by atoms with Crippen molar-refractivity contribution < 1.29 is 0 Å². The van der Waals surface area contributed by atoms with Gasteiger partial charge in [-0.3, -0.25) is 4.90 Å². The van der Waals surface area contributed by atoms with Crippen LogP contribution in [0.15, 0.2) is 0 Å². The average Bonchev–Trinajstić information content (AvgIpc) is 1.90. The lowest BCUT2D eigenvalue weighted by atomic mass is 9.87. The zero-order valence-electron chi connectivity index (χ0n) is 5.51. The molecule has 3 aliphatic rings. The number of piperidine rings is 3. The first kappa shape index (κ1) is 5.69. The van der Waals surface area contributed by atoms with E-state index in [0.29, 0.717) is 0 Å². The molecule has 2 nitrogen and oxygen atoms in total. The van der Waals surface area contributed by atoms with Crippen molar-refractivity contribution >= 4 is 0 Å². The molecule has 2 radical (unpaired) electrons. The maximum absolute atomic E-state index is 7.53. The Kier molecular flexibility index (Phi) is 1.24. The van der Waals surface area contributed by atoms with Gasteiger partial charge in [0.15, 0.2) is 0 Å². The molecular weight excluding hydrogens is 112 g/mol. The fourth-order valence-corrected chi connectivity index (χ4v) is 1.77. The molecule has 0 amide bonds. The lowest BCUT2D eigenvalue weighted by Crippen LogP contribution is -2.49. The zero-order chi connectivity index (χ0) is 6.27. The first-order valence-electron chi connectivity index (χ1n) is 3.66. The minimum absolute atomic E-state index is 0.0255. The van der Waals surface area contributed by atoms with Gasteiger partial charge < -0.3 is 0 Å². The summed E-state index contributed by atoms with van der Waals surface area (Å²) in [7, 11) is 0. The summed E-state index contributed by atoms with van der Waals surface area (Å²) in [5.41, 5.74) is 7.53. The van der Waals surface area contributed by atoms with Gasteiger partial charge in [-0.25, -0.2) is 5.73 Å². The second-order valence-corrected chi connectivity index (χ2v) is 3.01. The van der Waals surface area contributed by atoms with Crippen molar-refractivity contribution in [3.05, 3.63) is 6.42 Å². The van der Waals surface area contributed by atoms with E-state index in [1.807, 2.05) is 0 Å². The summed E-state index contributed by atoms with van der Waals surface area (Å²) >= 11 is 0. The number of fused-ring (bicyclic) bond motifs is 3. The Morgan fingerprint density at radius 1 is 1.33 bits per heavy atom. The number of nitrogens with zero attached hydrogens (tertiary/aromatic N) is 1. The van der Waals surface area contributed by atoms with Crippen molar-refractivity contribution in [3.63, 3.8) is 0 Å². The topological polar surface area (TPSA) is 27.0 Å². The summed E-state index contributed by atoms with van der Waals surface area (Å²) in [6.07, 6.45) is 4.80. The lowest BCUT2D eigenvalue weighted by Gasteiger charge is -2.42. The van der Waals surface area contributed by atoms with Crippen LogP contribution in [0.2, 0.25) is 0 Å². The predicted molar refractivity (Wildman–Crippen MR) is 35.5 cm³/mol. The summed E-state index contributed by atoms with van der Waals surface area (Å²) in [5, 5.41) is 0. The van der Waals surface area contributed by atoms with Crippen LogP contribution in [0, 0.1) is 12.3 Å². The van der Waals surface area contributed by atoms with Crippen molar-refractivity contribution in [1.82, 2.24) is 10.6 Å². The van der Waals surface area contributed by atoms with E-state index >= 15 is 0 Å². The van der Waals surface area contributed by atoms with Crippen molar-refractivity contribution in [2.75, 3.05) is 13.1 Å². The minimum atomic E-state index is 0.0255. The number of hydrogen-bond acceptors (Lipinski definition) is 1. The van der Waals surface area contributed by atoms with Crippen LogP contribution in [0.3, 0.4) is 0 Å². The first-order chi connectivity index (χ1) is 4.36. The van der Waals surface area contributed by atoms with Crippen molar-refractivity contribution in [2.24, 2.45) is 5.92 Å². The summed E-state index contributed by atoms with van der Waals surface area (Å²) in [6, 6.07) is 0. The van der Waals surface area contributed by atoms with E-state index in [-0.39, 0.29) is 6.17 Å². The van der Waals surface area contributed by atoms with E-state index in [1.165, 1.54) is 12.8 Å². The molecule has 0 aliphatic carbocycles. The van der Waals surface area contributed by atoms with E-state index in [4.69, 9.17) is 5.73 Å². The molecule has 3 fully saturated rings. The quantitative estimate of drug-likeness (QED) is 0.462. The van der Waals surface area contributed by atoms with Gasteiger partial charge in [0.05, 0.1) is 6.17 Å². The van der Waals surface area contributed by atoms with Crippen molar-refractivity contribution in [1.29, 1.82) is 0 Å². The van der Waals surface area contributed by atoms with Crippen LogP contribution >= 0.6 is 0 Å². The van der Waals surface area contributed by atoms with E-state index in [9.17, 15) is 0 Å². The molecule has 0 saturated carbocycles. The maximum Gasteiger partial charge on any atom is 0.0764 e. The molecule has 1 N–H and O–H groups in total. The second-order valence-electron chi connectivity index (χ2n) is 3.01. The van der Waals surface area contributed by atoms with Crippen LogP contribution in [0.25, 0.3) is 0 Å². The van der Waals surface area contributed by atoms with Gasteiger partial charge in [-0.15, -0.1) is 0 Å². The monoisotopic (exact) mass is 124 g/mol. The largest absolute Gasteiger partial charge is 0.287 e. The van der Waals surface area contributed by atoms with E-state index < -0.39 is 0 Å². The second kappa shape index (κ2) is 1.96. The predicted octanol–water partition coefficient (Wildman–Crippen LogP) is 0.525. The Bertz CT molecular complexity index is 105. The van der Waals surface area contributed by atoms with Crippen molar-refractivity contribution in [3.8, 4) is 0 Å². The van der Waals surface area contributed by atoms with Gasteiger partial charge in [0, 0.05) is 0 Å². The third kappa shape index (κ3) is 0.864. The van der Waals surface area contributed by atoms with Crippen LogP contribution in [-0.4, -0.2) is 24.2 Å². The van der Waals surface area contributed by atoms with E-state index in [0.717, 1.165) is 19.0 Å². The van der Waals surface area contributed by atoms with Gasteiger partial charge >= 0.3 is 0 Å². The van der Waals surface area contributed by atoms with Crippen LogP contribution in [0.1, 0.15) is 12.8 Å². The Balaban J connectivity index is 2.06. The highest BCUT2D eigenvalue weighted by Crippen LogP contribution is 2.28. The van der Waals surface area contributed by atoms with Gasteiger partial charge in [0.1, 0.15) is 0 Å². The number of nitrogens with one attached hydrogen (secondary N) is 1. The fourth-order valence-electron chi connectivity index (χ4n) is 1.77. The Morgan fingerprint density at radius 2 is 2.00 bits per heavy atom. The van der Waals surface area contributed by atoms with Crippen LogP contribution < -0.4 is 5.73 Å². The van der Waals surface area contributed by atoms with E-state index in [1.54, 1.807) is 0 Å². The van der Waals surface area contributed by atoms with Gasteiger partial charge in [-0.05, 0) is 38.3 Å². The van der Waals surface area contributed by atoms with Gasteiger partial charge in [-0.2, -0.15) is 0 Å². The molecule has 3 saturated heterocycles. The first-order valence-corrected chi connectivity index (χ1v) is 3.66. The Labute approximate surface area is 56.0 Å². The summed E-state index contributed by atoms with van der Waals surface area (Å²) < 4.78 is 0. The summed E-state index contributed by atoms with van der Waals surface area (Å²) in [6.45, 7) is 2.32. The third-order valence-corrected chi connectivity index (χ3v) is 2.42. The van der Waals surface area contributed by atoms with Crippen LogP contribution in [0.5, 0.6) is 0 Å².